The lowest BCUT2D eigenvalue weighted by Gasteiger charge is -2.08. The summed E-state index contributed by atoms with van der Waals surface area (Å²) in [6, 6.07) is 8.53. The molecule has 0 radical (unpaired) electrons. The van der Waals surface area contributed by atoms with E-state index in [9.17, 15) is 0 Å². The summed E-state index contributed by atoms with van der Waals surface area (Å²) in [5, 5.41) is 8.06. The van der Waals surface area contributed by atoms with Crippen LogP contribution in [0.3, 0.4) is 0 Å². The predicted octanol–water partition coefficient (Wildman–Crippen LogP) is 3.02. The van der Waals surface area contributed by atoms with Gasteiger partial charge in [-0.3, -0.25) is 0 Å². The molecule has 0 atom stereocenters. The zero-order valence-electron chi connectivity index (χ0n) is 12.3. The van der Waals surface area contributed by atoms with Crippen molar-refractivity contribution in [1.29, 1.82) is 0 Å². The van der Waals surface area contributed by atoms with Crippen molar-refractivity contribution in [2.24, 2.45) is 0 Å². The van der Waals surface area contributed by atoms with E-state index in [4.69, 9.17) is 5.10 Å². The van der Waals surface area contributed by atoms with Gasteiger partial charge in [0.2, 0.25) is 0 Å². The van der Waals surface area contributed by atoms with Crippen LogP contribution in [0, 0.1) is 6.92 Å². The molecule has 0 amide bonds. The fourth-order valence-corrected chi connectivity index (χ4v) is 2.54. The quantitative estimate of drug-likeness (QED) is 0.892. The van der Waals surface area contributed by atoms with E-state index in [1.54, 1.807) is 0 Å². The Labute approximate surface area is 115 Å². The minimum absolute atomic E-state index is 0.887. The number of nitrogens with zero attached hydrogens (tertiary/aromatic N) is 2. The third-order valence-corrected chi connectivity index (χ3v) is 3.44. The maximum atomic E-state index is 4.81. The van der Waals surface area contributed by atoms with Crippen LogP contribution in [0.2, 0.25) is 0 Å². The van der Waals surface area contributed by atoms with E-state index in [0.717, 1.165) is 25.1 Å². The van der Waals surface area contributed by atoms with Crippen molar-refractivity contribution in [3.8, 4) is 5.69 Å². The molecule has 102 valence electrons. The van der Waals surface area contributed by atoms with Gasteiger partial charge in [-0.05, 0) is 44.5 Å². The van der Waals surface area contributed by atoms with E-state index < -0.39 is 0 Å². The Balaban J connectivity index is 2.56. The van der Waals surface area contributed by atoms with Crippen molar-refractivity contribution in [3.63, 3.8) is 0 Å². The minimum atomic E-state index is 0.887. The molecule has 2 aromatic rings. The van der Waals surface area contributed by atoms with Crippen LogP contribution in [0.5, 0.6) is 0 Å². The summed E-state index contributed by atoms with van der Waals surface area (Å²) >= 11 is 0. The average Bonchev–Trinajstić information content (AvgIpc) is 2.77. The van der Waals surface area contributed by atoms with Gasteiger partial charge in [0.25, 0.3) is 0 Å². The Morgan fingerprint density at radius 2 is 2.00 bits per heavy atom. The zero-order valence-corrected chi connectivity index (χ0v) is 12.3. The molecule has 1 aromatic carbocycles. The van der Waals surface area contributed by atoms with Crippen molar-refractivity contribution in [3.05, 3.63) is 46.8 Å². The van der Waals surface area contributed by atoms with E-state index >= 15 is 0 Å². The molecule has 0 aliphatic carbocycles. The van der Waals surface area contributed by atoms with E-state index in [-0.39, 0.29) is 0 Å². The molecule has 1 aromatic heterocycles. The number of aryl methyl sites for hydroxylation is 2. The highest BCUT2D eigenvalue weighted by molar-refractivity contribution is 5.40. The van der Waals surface area contributed by atoms with Crippen LogP contribution in [-0.4, -0.2) is 16.8 Å². The second-order valence-corrected chi connectivity index (χ2v) is 4.86. The summed E-state index contributed by atoms with van der Waals surface area (Å²) in [6.07, 6.45) is 1.97. The normalized spacial score (nSPS) is 10.9. The van der Waals surface area contributed by atoms with Crippen LogP contribution < -0.4 is 5.32 Å². The number of benzene rings is 1. The first-order chi connectivity index (χ1) is 9.21. The Kier molecular flexibility index (Phi) is 4.38. The van der Waals surface area contributed by atoms with Gasteiger partial charge in [-0.25, -0.2) is 4.68 Å². The molecule has 0 saturated heterocycles. The molecule has 0 bridgehead atoms. The molecule has 19 heavy (non-hydrogen) atoms. The molecule has 0 unspecified atom stereocenters. The van der Waals surface area contributed by atoms with Crippen molar-refractivity contribution in [2.75, 3.05) is 7.05 Å². The predicted molar refractivity (Wildman–Crippen MR) is 79.8 cm³/mol. The summed E-state index contributed by atoms with van der Waals surface area (Å²) in [5.74, 6) is 0. The minimum Gasteiger partial charge on any atom is -0.316 e. The first-order valence-electron chi connectivity index (χ1n) is 7.02. The summed E-state index contributed by atoms with van der Waals surface area (Å²) in [6.45, 7) is 7.37. The van der Waals surface area contributed by atoms with Crippen LogP contribution >= 0.6 is 0 Å². The lowest BCUT2D eigenvalue weighted by atomic mass is 10.1. The van der Waals surface area contributed by atoms with Gasteiger partial charge in [0.05, 0.1) is 11.4 Å². The molecular weight excluding hydrogens is 234 g/mol. The largest absolute Gasteiger partial charge is 0.316 e. The second kappa shape index (κ2) is 6.02. The van der Waals surface area contributed by atoms with Gasteiger partial charge in [0, 0.05) is 17.8 Å². The smallest absolute Gasteiger partial charge is 0.0674 e. The summed E-state index contributed by atoms with van der Waals surface area (Å²) in [5.41, 5.74) is 6.30. The average molecular weight is 257 g/mol. The Hall–Kier alpha value is -1.61. The fraction of sp³-hybridized carbons (Fsp3) is 0.438. The molecule has 0 aliphatic heterocycles. The van der Waals surface area contributed by atoms with E-state index in [0.29, 0.717) is 0 Å². The van der Waals surface area contributed by atoms with Crippen LogP contribution in [0.4, 0.5) is 0 Å². The lowest BCUT2D eigenvalue weighted by Crippen LogP contribution is -2.09. The topological polar surface area (TPSA) is 29.9 Å². The van der Waals surface area contributed by atoms with Gasteiger partial charge < -0.3 is 5.32 Å². The van der Waals surface area contributed by atoms with Crippen LogP contribution in [0.1, 0.15) is 36.4 Å². The number of rotatable bonds is 5. The molecule has 1 heterocycles. The molecule has 2 rings (SSSR count). The molecule has 3 nitrogen and oxygen atoms in total. The molecule has 0 saturated carbocycles. The molecule has 1 N–H and O–H groups in total. The van der Waals surface area contributed by atoms with Gasteiger partial charge in [-0.2, -0.15) is 5.10 Å². The van der Waals surface area contributed by atoms with Crippen molar-refractivity contribution in [1.82, 2.24) is 15.1 Å². The van der Waals surface area contributed by atoms with Gasteiger partial charge in [-0.1, -0.05) is 26.0 Å². The number of aromatic nitrogens is 2. The highest BCUT2D eigenvalue weighted by Crippen LogP contribution is 2.21. The summed E-state index contributed by atoms with van der Waals surface area (Å²) in [7, 11) is 1.99. The monoisotopic (exact) mass is 257 g/mol. The first-order valence-corrected chi connectivity index (χ1v) is 7.02. The second-order valence-electron chi connectivity index (χ2n) is 4.86. The maximum absolute atomic E-state index is 4.81. The maximum Gasteiger partial charge on any atom is 0.0674 e. The third kappa shape index (κ3) is 2.71. The van der Waals surface area contributed by atoms with Crippen molar-refractivity contribution >= 4 is 0 Å². The van der Waals surface area contributed by atoms with E-state index in [2.05, 4.69) is 55.0 Å². The first kappa shape index (κ1) is 13.8. The van der Waals surface area contributed by atoms with E-state index in [1.807, 2.05) is 7.05 Å². The fourth-order valence-electron chi connectivity index (χ4n) is 2.54. The molecular formula is C16H23N3. The standard InChI is InChI=1S/C16H23N3/c1-5-15-14(11-17-4)16(6-2)19(18-15)13-9-7-8-12(3)10-13/h7-10,17H,5-6,11H2,1-4H3. The molecule has 3 heteroatoms. The Bertz CT molecular complexity index is 555. The molecule has 0 fully saturated rings. The number of hydrogen-bond donors (Lipinski definition) is 1. The zero-order chi connectivity index (χ0) is 13.8. The van der Waals surface area contributed by atoms with Crippen LogP contribution in [0.15, 0.2) is 24.3 Å². The lowest BCUT2D eigenvalue weighted by molar-refractivity contribution is 0.779. The van der Waals surface area contributed by atoms with Gasteiger partial charge >= 0.3 is 0 Å². The van der Waals surface area contributed by atoms with E-state index in [1.165, 1.54) is 22.5 Å². The summed E-state index contributed by atoms with van der Waals surface area (Å²) in [4.78, 5) is 0. The summed E-state index contributed by atoms with van der Waals surface area (Å²) < 4.78 is 2.11. The number of nitrogens with one attached hydrogen (secondary N) is 1. The van der Waals surface area contributed by atoms with Crippen molar-refractivity contribution in [2.45, 2.75) is 40.2 Å². The van der Waals surface area contributed by atoms with Gasteiger partial charge in [0.1, 0.15) is 0 Å². The SMILES string of the molecule is CCc1nn(-c2cccc(C)c2)c(CC)c1CNC. The molecule has 0 aliphatic rings. The van der Waals surface area contributed by atoms with Gasteiger partial charge in [-0.15, -0.1) is 0 Å². The highest BCUT2D eigenvalue weighted by Gasteiger charge is 2.15. The highest BCUT2D eigenvalue weighted by atomic mass is 15.3. The van der Waals surface area contributed by atoms with Crippen LogP contribution in [0.25, 0.3) is 5.69 Å². The van der Waals surface area contributed by atoms with Gasteiger partial charge in [0.15, 0.2) is 0 Å². The molecule has 0 spiro atoms. The third-order valence-electron chi connectivity index (χ3n) is 3.44. The Morgan fingerprint density at radius 3 is 2.58 bits per heavy atom. The number of hydrogen-bond acceptors (Lipinski definition) is 2. The Morgan fingerprint density at radius 1 is 1.21 bits per heavy atom. The van der Waals surface area contributed by atoms with Crippen LogP contribution in [-0.2, 0) is 19.4 Å². The van der Waals surface area contributed by atoms with Crippen molar-refractivity contribution < 1.29 is 0 Å².